The van der Waals surface area contributed by atoms with Crippen LogP contribution in [0.15, 0.2) is 27.0 Å². The molecule has 19 heavy (non-hydrogen) atoms. The topological polar surface area (TPSA) is 52.3 Å². The van der Waals surface area contributed by atoms with Gasteiger partial charge in [0.05, 0.1) is 33.4 Å². The van der Waals surface area contributed by atoms with Gasteiger partial charge in [0, 0.05) is 12.0 Å². The van der Waals surface area contributed by atoms with Crippen molar-refractivity contribution in [3.05, 3.63) is 34.2 Å². The molecule has 1 aliphatic heterocycles. The number of nitrogens with zero attached hydrogens (tertiary/aromatic N) is 1. The van der Waals surface area contributed by atoms with Gasteiger partial charge >= 0.3 is 0 Å². The number of thiazole rings is 1. The Bertz CT molecular complexity index is 584. The molecule has 0 unspecified atom stereocenters. The molecule has 0 radical (unpaired) electrons. The Hall–Kier alpha value is -0.980. The van der Waals surface area contributed by atoms with Crippen LogP contribution < -0.4 is 0 Å². The quantitative estimate of drug-likeness (QED) is 0.869. The summed E-state index contributed by atoms with van der Waals surface area (Å²) in [6, 6.07) is 1.76. The first-order valence-electron chi connectivity index (χ1n) is 6.22. The van der Waals surface area contributed by atoms with Crippen molar-refractivity contribution < 1.29 is 13.4 Å². The number of furan rings is 1. The maximum absolute atomic E-state index is 12.2. The second kappa shape index (κ2) is 5.56. The van der Waals surface area contributed by atoms with Gasteiger partial charge in [0.15, 0.2) is 0 Å². The summed E-state index contributed by atoms with van der Waals surface area (Å²) in [5.41, 5.74) is 0.870. The smallest absolute Gasteiger partial charge is 0.122 e. The highest BCUT2D eigenvalue weighted by Gasteiger charge is 2.21. The van der Waals surface area contributed by atoms with Crippen LogP contribution in [0.2, 0.25) is 0 Å². The molecule has 0 bridgehead atoms. The molecule has 0 spiro atoms. The van der Waals surface area contributed by atoms with Crippen molar-refractivity contribution in [1.29, 1.82) is 0 Å². The maximum atomic E-state index is 12.2. The summed E-state index contributed by atoms with van der Waals surface area (Å²) >= 11 is 1.60. The monoisotopic (exact) mass is 297 g/mol. The van der Waals surface area contributed by atoms with E-state index in [1.807, 2.05) is 12.3 Å². The Morgan fingerprint density at radius 2 is 2.47 bits per heavy atom. The van der Waals surface area contributed by atoms with E-state index >= 15 is 0 Å². The molecule has 102 valence electrons. The highest BCUT2D eigenvalue weighted by molar-refractivity contribution is 7.84. The van der Waals surface area contributed by atoms with Gasteiger partial charge in [0.1, 0.15) is 16.9 Å². The molecule has 3 heterocycles. The lowest BCUT2D eigenvalue weighted by atomic mass is 10.2. The van der Waals surface area contributed by atoms with Gasteiger partial charge in [0.2, 0.25) is 0 Å². The molecule has 1 fully saturated rings. The average molecular weight is 297 g/mol. The van der Waals surface area contributed by atoms with Crippen LogP contribution in [-0.2, 0) is 21.3 Å². The molecule has 0 N–H and O–H groups in total. The fraction of sp³-hybridized carbons (Fsp3) is 0.462. The predicted molar refractivity (Wildman–Crippen MR) is 73.6 cm³/mol. The third-order valence-corrected chi connectivity index (χ3v) is 5.57. The van der Waals surface area contributed by atoms with Crippen LogP contribution in [0, 0.1) is 6.92 Å². The molecule has 4 nitrogen and oxygen atoms in total. The van der Waals surface area contributed by atoms with Crippen molar-refractivity contribution >= 4 is 22.1 Å². The van der Waals surface area contributed by atoms with Crippen molar-refractivity contribution in [3.63, 3.8) is 0 Å². The van der Waals surface area contributed by atoms with Gasteiger partial charge in [0.25, 0.3) is 0 Å². The Balaban J connectivity index is 1.70. The minimum absolute atomic E-state index is 0.142. The molecule has 2 aromatic heterocycles. The van der Waals surface area contributed by atoms with Crippen molar-refractivity contribution in [3.8, 4) is 0 Å². The van der Waals surface area contributed by atoms with E-state index in [0.717, 1.165) is 35.0 Å². The lowest BCUT2D eigenvalue weighted by Crippen LogP contribution is -1.99. The SMILES string of the molecule is Cc1occc1[S@@](=O)Cc1csc([C@@H]2CCCO2)n1. The summed E-state index contributed by atoms with van der Waals surface area (Å²) in [6.07, 6.45) is 3.85. The third-order valence-electron chi connectivity index (χ3n) is 3.11. The summed E-state index contributed by atoms with van der Waals surface area (Å²) in [7, 11) is -1.09. The minimum atomic E-state index is -1.09. The lowest BCUT2D eigenvalue weighted by molar-refractivity contribution is 0.111. The first kappa shape index (κ1) is 13.0. The largest absolute Gasteiger partial charge is 0.468 e. The fourth-order valence-corrected chi connectivity index (χ4v) is 4.28. The van der Waals surface area contributed by atoms with Gasteiger partial charge in [-0.2, -0.15) is 0 Å². The van der Waals surface area contributed by atoms with Crippen molar-refractivity contribution in [2.75, 3.05) is 6.61 Å². The van der Waals surface area contributed by atoms with Gasteiger partial charge in [-0.1, -0.05) is 0 Å². The number of aryl methyl sites for hydroxylation is 1. The van der Waals surface area contributed by atoms with Crippen LogP contribution in [0.1, 0.15) is 35.4 Å². The third kappa shape index (κ3) is 2.80. The van der Waals surface area contributed by atoms with E-state index in [0.29, 0.717) is 11.5 Å². The second-order valence-electron chi connectivity index (χ2n) is 4.51. The summed E-state index contributed by atoms with van der Waals surface area (Å²) in [5, 5.41) is 2.98. The highest BCUT2D eigenvalue weighted by atomic mass is 32.2. The summed E-state index contributed by atoms with van der Waals surface area (Å²) in [6.45, 7) is 2.64. The molecule has 1 aliphatic rings. The zero-order chi connectivity index (χ0) is 13.2. The van der Waals surface area contributed by atoms with Gasteiger partial charge in [-0.15, -0.1) is 11.3 Å². The van der Waals surface area contributed by atoms with Crippen LogP contribution in [0.3, 0.4) is 0 Å². The van der Waals surface area contributed by atoms with Gasteiger partial charge in [-0.3, -0.25) is 4.21 Å². The Kier molecular flexibility index (Phi) is 3.81. The number of aromatic nitrogens is 1. The molecule has 2 atom stereocenters. The van der Waals surface area contributed by atoms with Crippen molar-refractivity contribution in [2.24, 2.45) is 0 Å². The zero-order valence-corrected chi connectivity index (χ0v) is 12.3. The van der Waals surface area contributed by atoms with Crippen molar-refractivity contribution in [2.45, 2.75) is 36.5 Å². The predicted octanol–water partition coefficient (Wildman–Crippen LogP) is 3.20. The van der Waals surface area contributed by atoms with E-state index in [1.165, 1.54) is 0 Å². The molecule has 0 aromatic carbocycles. The van der Waals surface area contributed by atoms with E-state index in [1.54, 1.807) is 23.7 Å². The Morgan fingerprint density at radius 3 is 3.16 bits per heavy atom. The molecular formula is C13H15NO3S2. The molecule has 0 amide bonds. The highest BCUT2D eigenvalue weighted by Crippen LogP contribution is 2.31. The van der Waals surface area contributed by atoms with E-state index < -0.39 is 10.8 Å². The average Bonchev–Trinajstić information content (AvgIpc) is 3.07. The molecule has 2 aromatic rings. The summed E-state index contributed by atoms with van der Waals surface area (Å²) < 4.78 is 23.0. The van der Waals surface area contributed by atoms with Crippen LogP contribution >= 0.6 is 11.3 Å². The molecule has 6 heteroatoms. The number of hydrogen-bond acceptors (Lipinski definition) is 5. The second-order valence-corrected chi connectivity index (χ2v) is 6.82. The van der Waals surface area contributed by atoms with Crippen LogP contribution in [0.25, 0.3) is 0 Å². The van der Waals surface area contributed by atoms with E-state index in [2.05, 4.69) is 4.98 Å². The normalized spacial score (nSPS) is 20.8. The number of hydrogen-bond donors (Lipinski definition) is 0. The van der Waals surface area contributed by atoms with E-state index in [9.17, 15) is 4.21 Å². The number of ether oxygens (including phenoxy) is 1. The summed E-state index contributed by atoms with van der Waals surface area (Å²) in [5.74, 6) is 1.15. The van der Waals surface area contributed by atoms with Crippen LogP contribution in [0.5, 0.6) is 0 Å². The van der Waals surface area contributed by atoms with Gasteiger partial charge in [-0.05, 0) is 25.8 Å². The van der Waals surface area contributed by atoms with Gasteiger partial charge in [-0.25, -0.2) is 4.98 Å². The Labute approximate surface area is 118 Å². The fourth-order valence-electron chi connectivity index (χ4n) is 2.13. The maximum Gasteiger partial charge on any atom is 0.122 e. The Morgan fingerprint density at radius 1 is 1.58 bits per heavy atom. The molecule has 1 saturated heterocycles. The molecular weight excluding hydrogens is 282 g/mol. The lowest BCUT2D eigenvalue weighted by Gasteiger charge is -2.03. The van der Waals surface area contributed by atoms with E-state index in [4.69, 9.17) is 9.15 Å². The molecule has 3 rings (SSSR count). The van der Waals surface area contributed by atoms with Gasteiger partial charge < -0.3 is 9.15 Å². The standard InChI is InChI=1S/C13H15NO3S2/c1-9-12(4-6-16-9)19(15)8-10-7-18-13(14-10)11-3-2-5-17-11/h4,6-7,11H,2-3,5,8H2,1H3/t11-,19-/m0/s1. The minimum Gasteiger partial charge on any atom is -0.468 e. The van der Waals surface area contributed by atoms with Crippen molar-refractivity contribution in [1.82, 2.24) is 4.98 Å². The summed E-state index contributed by atoms with van der Waals surface area (Å²) in [4.78, 5) is 5.30. The molecule has 0 aliphatic carbocycles. The first-order chi connectivity index (χ1) is 9.24. The van der Waals surface area contributed by atoms with Crippen LogP contribution in [-0.4, -0.2) is 15.8 Å². The van der Waals surface area contributed by atoms with Crippen LogP contribution in [0.4, 0.5) is 0 Å². The zero-order valence-electron chi connectivity index (χ0n) is 10.6. The van der Waals surface area contributed by atoms with E-state index in [-0.39, 0.29) is 6.10 Å². The molecule has 0 saturated carbocycles. The first-order valence-corrected chi connectivity index (χ1v) is 8.42. The number of rotatable bonds is 4.